The van der Waals surface area contributed by atoms with E-state index in [2.05, 4.69) is 13.8 Å². The number of furan rings is 1. The first-order valence-electron chi connectivity index (χ1n) is 6.79. The van der Waals surface area contributed by atoms with E-state index in [1.807, 2.05) is 6.92 Å². The molecule has 4 atom stereocenters. The molecule has 1 aromatic rings. The highest BCUT2D eigenvalue weighted by atomic mass is 16.6. The number of ether oxygens (including phenoxy) is 1. The minimum absolute atomic E-state index is 0.0285. The van der Waals surface area contributed by atoms with Crippen molar-refractivity contribution >= 4 is 5.78 Å². The molecule has 4 rings (SSSR count). The van der Waals surface area contributed by atoms with E-state index in [1.165, 1.54) is 6.42 Å². The molecular weight excluding hydrogens is 228 g/mol. The number of rotatable bonds is 0. The second-order valence-electron chi connectivity index (χ2n) is 6.53. The van der Waals surface area contributed by atoms with Crippen LogP contribution in [0, 0.1) is 12.8 Å². The van der Waals surface area contributed by atoms with E-state index in [0.29, 0.717) is 5.92 Å². The molecule has 4 unspecified atom stereocenters. The maximum Gasteiger partial charge on any atom is 0.198 e. The van der Waals surface area contributed by atoms with Gasteiger partial charge in [-0.15, -0.1) is 0 Å². The second kappa shape index (κ2) is 2.90. The zero-order valence-corrected chi connectivity index (χ0v) is 11.1. The Bertz CT molecular complexity index is 558. The third-order valence-corrected chi connectivity index (χ3v) is 5.46. The van der Waals surface area contributed by atoms with Crippen LogP contribution in [-0.2, 0) is 10.2 Å². The lowest BCUT2D eigenvalue weighted by molar-refractivity contribution is 0.0942. The Morgan fingerprint density at radius 1 is 1.39 bits per heavy atom. The third-order valence-electron chi connectivity index (χ3n) is 5.46. The highest BCUT2D eigenvalue weighted by Gasteiger charge is 2.69. The number of hydrogen-bond donors (Lipinski definition) is 0. The molecule has 1 aromatic heterocycles. The minimum atomic E-state index is -0.254. The van der Waals surface area contributed by atoms with Gasteiger partial charge in [-0.25, -0.2) is 0 Å². The van der Waals surface area contributed by atoms with E-state index in [-0.39, 0.29) is 22.9 Å². The van der Waals surface area contributed by atoms with Crippen molar-refractivity contribution in [1.29, 1.82) is 0 Å². The van der Waals surface area contributed by atoms with Crippen molar-refractivity contribution < 1.29 is 13.9 Å². The topological polar surface area (TPSA) is 42.7 Å². The Balaban J connectivity index is 2.00. The van der Waals surface area contributed by atoms with Gasteiger partial charge in [-0.05, 0) is 32.3 Å². The van der Waals surface area contributed by atoms with Crippen LogP contribution in [0.5, 0.6) is 0 Å². The first-order chi connectivity index (χ1) is 8.48. The molecule has 3 heteroatoms. The second-order valence-corrected chi connectivity index (χ2v) is 6.53. The molecular formula is C15H18O3. The molecule has 18 heavy (non-hydrogen) atoms. The van der Waals surface area contributed by atoms with E-state index in [9.17, 15) is 4.79 Å². The van der Waals surface area contributed by atoms with E-state index < -0.39 is 0 Å². The van der Waals surface area contributed by atoms with Crippen LogP contribution in [-0.4, -0.2) is 17.5 Å². The maximum atomic E-state index is 12.6. The van der Waals surface area contributed by atoms with Crippen molar-refractivity contribution in [1.82, 2.24) is 0 Å². The van der Waals surface area contributed by atoms with Crippen molar-refractivity contribution in [3.05, 3.63) is 23.2 Å². The summed E-state index contributed by atoms with van der Waals surface area (Å²) in [6, 6.07) is 0. The smallest absolute Gasteiger partial charge is 0.198 e. The Hall–Kier alpha value is -1.09. The van der Waals surface area contributed by atoms with Gasteiger partial charge in [0.2, 0.25) is 0 Å². The summed E-state index contributed by atoms with van der Waals surface area (Å²) in [7, 11) is 0. The third kappa shape index (κ3) is 0.993. The standard InChI is InChI=1S/C15H18O3/c1-8-7-17-12-10(8)11(16)13-15(3,18-13)9-5-4-6-14(9,12)2/h7,9,13H,4-6H2,1-3H3. The molecule has 0 aromatic carbocycles. The number of carbonyl (C=O) groups excluding carboxylic acids is 1. The molecule has 1 aliphatic heterocycles. The number of carbonyl (C=O) groups is 1. The van der Waals surface area contributed by atoms with Gasteiger partial charge >= 0.3 is 0 Å². The van der Waals surface area contributed by atoms with Crippen LogP contribution in [0.2, 0.25) is 0 Å². The van der Waals surface area contributed by atoms with Crippen LogP contribution in [0.1, 0.15) is 54.8 Å². The predicted molar refractivity (Wildman–Crippen MR) is 65.7 cm³/mol. The lowest BCUT2D eigenvalue weighted by Gasteiger charge is -2.31. The fourth-order valence-electron chi connectivity index (χ4n) is 4.46. The van der Waals surface area contributed by atoms with Crippen molar-refractivity contribution in [2.75, 3.05) is 0 Å². The molecule has 0 N–H and O–H groups in total. The molecule has 3 aliphatic rings. The van der Waals surface area contributed by atoms with Crippen molar-refractivity contribution in [3.63, 3.8) is 0 Å². The number of ketones is 1. The molecule has 3 nitrogen and oxygen atoms in total. The SMILES string of the molecule is Cc1coc2c1C(=O)C1OC1(C)C1CCCC21C. The summed E-state index contributed by atoms with van der Waals surface area (Å²) in [4.78, 5) is 12.6. The largest absolute Gasteiger partial charge is 0.468 e. The van der Waals surface area contributed by atoms with E-state index in [0.717, 1.165) is 29.7 Å². The monoisotopic (exact) mass is 246 g/mol. The number of aryl methyl sites for hydroxylation is 1. The molecule has 96 valence electrons. The van der Waals surface area contributed by atoms with Crippen LogP contribution in [0.15, 0.2) is 10.7 Å². The summed E-state index contributed by atoms with van der Waals surface area (Å²) in [5, 5.41) is 0. The zero-order chi connectivity index (χ0) is 12.7. The molecule has 2 fully saturated rings. The van der Waals surface area contributed by atoms with Crippen molar-refractivity contribution in [2.24, 2.45) is 5.92 Å². The summed E-state index contributed by atoms with van der Waals surface area (Å²) in [6.45, 7) is 6.30. The fourth-order valence-corrected chi connectivity index (χ4v) is 4.46. The van der Waals surface area contributed by atoms with Crippen LogP contribution in [0.3, 0.4) is 0 Å². The van der Waals surface area contributed by atoms with Crippen LogP contribution < -0.4 is 0 Å². The Morgan fingerprint density at radius 2 is 2.17 bits per heavy atom. The molecule has 1 saturated carbocycles. The quantitative estimate of drug-likeness (QED) is 0.661. The molecule has 1 saturated heterocycles. The Labute approximate surface area is 106 Å². The van der Waals surface area contributed by atoms with E-state index in [1.54, 1.807) is 6.26 Å². The maximum absolute atomic E-state index is 12.6. The van der Waals surface area contributed by atoms with Gasteiger partial charge in [-0.3, -0.25) is 4.79 Å². The molecule has 0 amide bonds. The highest BCUT2D eigenvalue weighted by Crippen LogP contribution is 2.61. The van der Waals surface area contributed by atoms with Gasteiger partial charge in [-0.1, -0.05) is 13.3 Å². The normalized spacial score (nSPS) is 45.2. The van der Waals surface area contributed by atoms with Crippen LogP contribution in [0.25, 0.3) is 0 Å². The molecule has 2 aliphatic carbocycles. The average Bonchev–Trinajstić information content (AvgIpc) is 2.70. The molecule has 2 heterocycles. The van der Waals surface area contributed by atoms with Crippen LogP contribution >= 0.6 is 0 Å². The van der Waals surface area contributed by atoms with Crippen molar-refractivity contribution in [2.45, 2.75) is 57.2 Å². The minimum Gasteiger partial charge on any atom is -0.468 e. The van der Waals surface area contributed by atoms with Crippen molar-refractivity contribution in [3.8, 4) is 0 Å². The lowest BCUT2D eigenvalue weighted by Crippen LogP contribution is -2.36. The molecule has 0 spiro atoms. The lowest BCUT2D eigenvalue weighted by atomic mass is 9.72. The predicted octanol–water partition coefficient (Wildman–Crippen LogP) is 3.00. The molecule has 0 radical (unpaired) electrons. The Kier molecular flexibility index (Phi) is 1.74. The van der Waals surface area contributed by atoms with Gasteiger partial charge in [0.1, 0.15) is 11.4 Å². The average molecular weight is 246 g/mol. The number of hydrogen-bond acceptors (Lipinski definition) is 3. The Morgan fingerprint density at radius 3 is 2.94 bits per heavy atom. The summed E-state index contributed by atoms with van der Waals surface area (Å²) >= 11 is 0. The van der Waals surface area contributed by atoms with Gasteiger partial charge in [0, 0.05) is 11.3 Å². The van der Waals surface area contributed by atoms with E-state index in [4.69, 9.17) is 9.15 Å². The number of epoxide rings is 1. The van der Waals surface area contributed by atoms with E-state index >= 15 is 0 Å². The van der Waals surface area contributed by atoms with Crippen LogP contribution in [0.4, 0.5) is 0 Å². The molecule has 0 bridgehead atoms. The van der Waals surface area contributed by atoms with Gasteiger partial charge in [-0.2, -0.15) is 0 Å². The highest BCUT2D eigenvalue weighted by molar-refractivity contribution is 6.05. The summed E-state index contributed by atoms with van der Waals surface area (Å²) in [5.41, 5.74) is 1.48. The van der Waals surface area contributed by atoms with Gasteiger partial charge in [0.25, 0.3) is 0 Å². The summed E-state index contributed by atoms with van der Waals surface area (Å²) in [5.74, 6) is 1.46. The summed E-state index contributed by atoms with van der Waals surface area (Å²) < 4.78 is 11.6. The van der Waals surface area contributed by atoms with Gasteiger partial charge < -0.3 is 9.15 Å². The van der Waals surface area contributed by atoms with Gasteiger partial charge in [0.15, 0.2) is 11.9 Å². The zero-order valence-electron chi connectivity index (χ0n) is 11.1. The first-order valence-corrected chi connectivity index (χ1v) is 6.79. The van der Waals surface area contributed by atoms with Gasteiger partial charge in [0.05, 0.1) is 11.8 Å². The first kappa shape index (κ1) is 10.8. The number of Topliss-reactive ketones (excluding diaryl/α,β-unsaturated/α-hetero) is 1. The number of fused-ring (bicyclic) bond motifs is 5. The fraction of sp³-hybridized carbons (Fsp3) is 0.667. The summed E-state index contributed by atoms with van der Waals surface area (Å²) in [6.07, 6.45) is 4.92.